The predicted molar refractivity (Wildman–Crippen MR) is 124 cm³/mol. The molecular weight excluding hydrogens is 430 g/mol. The lowest BCUT2D eigenvalue weighted by molar-refractivity contribution is 0.256. The van der Waals surface area contributed by atoms with E-state index in [9.17, 15) is 4.79 Å². The lowest BCUT2D eigenvalue weighted by Gasteiger charge is -2.25. The Labute approximate surface area is 192 Å². The van der Waals surface area contributed by atoms with Gasteiger partial charge in [-0.2, -0.15) is 0 Å². The minimum absolute atomic E-state index is 0.245. The van der Waals surface area contributed by atoms with Crippen molar-refractivity contribution in [2.75, 3.05) is 24.4 Å². The Balaban J connectivity index is 1.69. The number of hydrogen-bond donors (Lipinski definition) is 1. The first-order valence-electron chi connectivity index (χ1n) is 10.6. The van der Waals surface area contributed by atoms with E-state index < -0.39 is 0 Å². The summed E-state index contributed by atoms with van der Waals surface area (Å²) >= 11 is 5.98. The average Bonchev–Trinajstić information content (AvgIpc) is 3.03. The van der Waals surface area contributed by atoms with Crippen LogP contribution in [0, 0.1) is 0 Å². The summed E-state index contributed by atoms with van der Waals surface area (Å²) in [5, 5.41) is 12.3. The van der Waals surface area contributed by atoms with Crippen LogP contribution in [0.15, 0.2) is 42.5 Å². The number of methoxy groups -OCH3 is 2. The number of nitrogens with zero attached hydrogens (tertiary/aromatic N) is 4. The Bertz CT molecular complexity index is 1080. The zero-order chi connectivity index (χ0) is 22.5. The zero-order valence-electron chi connectivity index (χ0n) is 18.2. The highest BCUT2D eigenvalue weighted by Crippen LogP contribution is 2.34. The molecular formula is C23H26ClN5O3. The van der Waals surface area contributed by atoms with Crippen molar-refractivity contribution in [3.63, 3.8) is 0 Å². The van der Waals surface area contributed by atoms with Crippen molar-refractivity contribution in [2.24, 2.45) is 0 Å². The third-order valence-electron chi connectivity index (χ3n) is 5.50. The molecule has 0 fully saturated rings. The van der Waals surface area contributed by atoms with Crippen molar-refractivity contribution < 1.29 is 14.3 Å². The molecule has 2 heterocycles. The molecule has 1 aromatic heterocycles. The summed E-state index contributed by atoms with van der Waals surface area (Å²) in [5.74, 6) is 2.87. The number of halogens is 1. The van der Waals surface area contributed by atoms with Crippen LogP contribution >= 0.6 is 11.6 Å². The lowest BCUT2D eigenvalue weighted by Crippen LogP contribution is -2.35. The summed E-state index contributed by atoms with van der Waals surface area (Å²) in [6.07, 6.45) is 4.23. The molecule has 3 aromatic rings. The maximum atomic E-state index is 13.4. The molecule has 4 rings (SSSR count). The minimum Gasteiger partial charge on any atom is -0.497 e. The first-order chi connectivity index (χ1) is 15.6. The standard InChI is InChI=1S/C23H26ClN5O3/c1-31-18-11-12-19(20(14-18)32-2)29(23(30)25-17-9-7-16(24)8-10-17)15-22-27-26-21-6-4-3-5-13-28(21)22/h7-12,14H,3-6,13,15H2,1-2H3,(H,25,30). The van der Waals surface area contributed by atoms with Gasteiger partial charge in [-0.25, -0.2) is 4.79 Å². The van der Waals surface area contributed by atoms with E-state index in [1.165, 1.54) is 0 Å². The van der Waals surface area contributed by atoms with Crippen molar-refractivity contribution in [2.45, 2.75) is 38.8 Å². The van der Waals surface area contributed by atoms with Crippen LogP contribution in [-0.2, 0) is 19.5 Å². The van der Waals surface area contributed by atoms with E-state index in [-0.39, 0.29) is 12.6 Å². The van der Waals surface area contributed by atoms with Crippen LogP contribution in [0.1, 0.15) is 30.9 Å². The maximum absolute atomic E-state index is 13.4. The van der Waals surface area contributed by atoms with E-state index in [2.05, 4.69) is 20.1 Å². The lowest BCUT2D eigenvalue weighted by atomic mass is 10.2. The third-order valence-corrected chi connectivity index (χ3v) is 5.76. The van der Waals surface area contributed by atoms with Gasteiger partial charge in [0.25, 0.3) is 0 Å². The molecule has 168 valence electrons. The molecule has 0 unspecified atom stereocenters. The predicted octanol–water partition coefficient (Wildman–Crippen LogP) is 4.91. The van der Waals surface area contributed by atoms with Crippen LogP contribution in [0.3, 0.4) is 0 Å². The van der Waals surface area contributed by atoms with E-state index in [1.807, 2.05) is 0 Å². The molecule has 0 radical (unpaired) electrons. The monoisotopic (exact) mass is 455 g/mol. The van der Waals surface area contributed by atoms with Gasteiger partial charge in [0.15, 0.2) is 5.82 Å². The highest BCUT2D eigenvalue weighted by molar-refractivity contribution is 6.30. The van der Waals surface area contributed by atoms with E-state index in [0.29, 0.717) is 27.9 Å². The molecule has 0 saturated carbocycles. The first-order valence-corrected chi connectivity index (χ1v) is 10.9. The van der Waals surface area contributed by atoms with Crippen LogP contribution in [0.2, 0.25) is 5.02 Å². The molecule has 0 bridgehead atoms. The van der Waals surface area contributed by atoms with Crippen LogP contribution in [0.4, 0.5) is 16.2 Å². The molecule has 8 nitrogen and oxygen atoms in total. The molecule has 0 saturated heterocycles. The van der Waals surface area contributed by atoms with Gasteiger partial charge in [0.1, 0.15) is 17.3 Å². The second-order valence-electron chi connectivity index (χ2n) is 7.56. The van der Waals surface area contributed by atoms with Crippen LogP contribution in [-0.4, -0.2) is 35.0 Å². The number of benzene rings is 2. The van der Waals surface area contributed by atoms with Gasteiger partial charge in [-0.15, -0.1) is 10.2 Å². The van der Waals surface area contributed by atoms with E-state index in [0.717, 1.165) is 43.9 Å². The topological polar surface area (TPSA) is 81.5 Å². The number of hydrogen-bond acceptors (Lipinski definition) is 5. The van der Waals surface area contributed by atoms with Crippen LogP contribution in [0.25, 0.3) is 0 Å². The second-order valence-corrected chi connectivity index (χ2v) is 7.99. The molecule has 0 spiro atoms. The molecule has 2 amide bonds. The highest BCUT2D eigenvalue weighted by Gasteiger charge is 2.24. The summed E-state index contributed by atoms with van der Waals surface area (Å²) in [7, 11) is 3.15. The second kappa shape index (κ2) is 9.91. The number of amides is 2. The number of carbonyl (C=O) groups is 1. The first kappa shape index (κ1) is 22.0. The van der Waals surface area contributed by atoms with Crippen molar-refractivity contribution in [3.05, 3.63) is 59.1 Å². The summed E-state index contributed by atoms with van der Waals surface area (Å²) in [6, 6.07) is 12.0. The summed E-state index contributed by atoms with van der Waals surface area (Å²) < 4.78 is 13.0. The molecule has 1 aliphatic heterocycles. The normalized spacial score (nSPS) is 13.1. The fourth-order valence-corrected chi connectivity index (χ4v) is 3.93. The van der Waals surface area contributed by atoms with Gasteiger partial charge in [0.2, 0.25) is 0 Å². The maximum Gasteiger partial charge on any atom is 0.326 e. The van der Waals surface area contributed by atoms with Gasteiger partial charge in [-0.1, -0.05) is 18.0 Å². The largest absolute Gasteiger partial charge is 0.497 e. The molecule has 1 N–H and O–H groups in total. The number of anilines is 2. The van der Waals surface area contributed by atoms with Crippen molar-refractivity contribution in [1.82, 2.24) is 14.8 Å². The van der Waals surface area contributed by atoms with Gasteiger partial charge < -0.3 is 19.4 Å². The number of ether oxygens (including phenoxy) is 2. The number of fused-ring (bicyclic) bond motifs is 1. The average molecular weight is 456 g/mol. The number of aryl methyl sites for hydroxylation is 1. The summed E-state index contributed by atoms with van der Waals surface area (Å²) in [4.78, 5) is 15.0. The Morgan fingerprint density at radius 2 is 1.91 bits per heavy atom. The molecule has 0 atom stereocenters. The fraction of sp³-hybridized carbons (Fsp3) is 0.348. The van der Waals surface area contributed by atoms with Crippen molar-refractivity contribution in [3.8, 4) is 11.5 Å². The van der Waals surface area contributed by atoms with Gasteiger partial charge in [0, 0.05) is 29.7 Å². The molecule has 1 aliphatic rings. The Hall–Kier alpha value is -3.26. The van der Waals surface area contributed by atoms with Gasteiger partial charge >= 0.3 is 6.03 Å². The number of rotatable bonds is 6. The van der Waals surface area contributed by atoms with E-state index >= 15 is 0 Å². The SMILES string of the molecule is COc1ccc(N(Cc2nnc3n2CCCCC3)C(=O)Nc2ccc(Cl)cc2)c(OC)c1. The zero-order valence-corrected chi connectivity index (χ0v) is 18.9. The Morgan fingerprint density at radius 3 is 2.66 bits per heavy atom. The van der Waals surface area contributed by atoms with Gasteiger partial charge in [-0.05, 0) is 49.2 Å². The van der Waals surface area contributed by atoms with Crippen molar-refractivity contribution >= 4 is 29.0 Å². The summed E-state index contributed by atoms with van der Waals surface area (Å²) in [5.41, 5.74) is 1.24. The number of aromatic nitrogens is 3. The summed E-state index contributed by atoms with van der Waals surface area (Å²) in [6.45, 7) is 1.10. The third kappa shape index (κ3) is 4.80. The number of nitrogens with one attached hydrogen (secondary N) is 1. The minimum atomic E-state index is -0.318. The number of urea groups is 1. The smallest absolute Gasteiger partial charge is 0.326 e. The quantitative estimate of drug-likeness (QED) is 0.570. The van der Waals surface area contributed by atoms with Gasteiger partial charge in [-0.3, -0.25) is 4.90 Å². The molecule has 9 heteroatoms. The highest BCUT2D eigenvalue weighted by atomic mass is 35.5. The van der Waals surface area contributed by atoms with E-state index in [4.69, 9.17) is 21.1 Å². The van der Waals surface area contributed by atoms with Crippen LogP contribution in [0.5, 0.6) is 11.5 Å². The molecule has 32 heavy (non-hydrogen) atoms. The van der Waals surface area contributed by atoms with E-state index in [1.54, 1.807) is 61.6 Å². The Morgan fingerprint density at radius 1 is 1.09 bits per heavy atom. The Kier molecular flexibility index (Phi) is 6.80. The van der Waals surface area contributed by atoms with Crippen molar-refractivity contribution in [1.29, 1.82) is 0 Å². The fourth-order valence-electron chi connectivity index (χ4n) is 3.80. The molecule has 0 aliphatic carbocycles. The van der Waals surface area contributed by atoms with Gasteiger partial charge in [0.05, 0.1) is 26.5 Å². The molecule has 2 aromatic carbocycles. The van der Waals surface area contributed by atoms with Crippen LogP contribution < -0.4 is 19.7 Å². The number of carbonyl (C=O) groups excluding carboxylic acids is 1.